The lowest BCUT2D eigenvalue weighted by molar-refractivity contribution is -0.137. The molecule has 39 heavy (non-hydrogen) atoms. The number of rotatable bonds is 7. The Labute approximate surface area is 223 Å². The van der Waals surface area contributed by atoms with Gasteiger partial charge in [-0.2, -0.15) is 18.3 Å². The number of hydrogen-bond acceptors (Lipinski definition) is 5. The molecule has 0 atom stereocenters. The molecule has 2 amide bonds. The number of alkyl halides is 3. The average Bonchev–Trinajstić information content (AvgIpc) is 3.29. The van der Waals surface area contributed by atoms with Gasteiger partial charge in [-0.1, -0.05) is 6.07 Å². The highest BCUT2D eigenvalue weighted by molar-refractivity contribution is 6.58. The molecular weight excluding hydrogens is 515 g/mol. The van der Waals surface area contributed by atoms with Crippen LogP contribution in [0.15, 0.2) is 48.7 Å². The van der Waals surface area contributed by atoms with E-state index in [1.165, 1.54) is 19.3 Å². The number of H-pyrrole nitrogens is 1. The smallest absolute Gasteiger partial charge is 0.416 e. The minimum Gasteiger partial charge on any atom is -0.498 e. The van der Waals surface area contributed by atoms with Gasteiger partial charge in [-0.25, -0.2) is 9.37 Å². The molecule has 0 fully saturated rings. The van der Waals surface area contributed by atoms with Crippen LogP contribution in [0, 0.1) is 5.82 Å². The number of aromatic nitrogens is 3. The second-order valence-electron chi connectivity index (χ2n) is 9.69. The molecule has 2 heterocycles. The number of carbonyl (C=O) groups is 2. The number of nitrogens with one attached hydrogen (secondary N) is 3. The van der Waals surface area contributed by atoms with Crippen LogP contribution in [-0.2, 0) is 12.7 Å². The van der Waals surface area contributed by atoms with Crippen molar-refractivity contribution in [3.63, 3.8) is 0 Å². The third-order valence-electron chi connectivity index (χ3n) is 5.65. The summed E-state index contributed by atoms with van der Waals surface area (Å²) < 4.78 is 59.3. The summed E-state index contributed by atoms with van der Waals surface area (Å²) >= 11 is 0. The fraction of sp³-hybridized carbons (Fsp3) is 0.167. The highest BCUT2D eigenvalue weighted by Gasteiger charge is 2.31. The van der Waals surface area contributed by atoms with Crippen molar-refractivity contribution >= 4 is 46.3 Å². The molecule has 4 aromatic rings. The Balaban J connectivity index is 1.67. The van der Waals surface area contributed by atoms with E-state index in [0.29, 0.717) is 40.2 Å². The van der Waals surface area contributed by atoms with Gasteiger partial charge in [0.1, 0.15) is 34.9 Å². The monoisotopic (exact) mass is 537 g/mol. The van der Waals surface area contributed by atoms with Crippen LogP contribution in [-0.4, -0.2) is 62.9 Å². The van der Waals surface area contributed by atoms with Gasteiger partial charge in [-0.05, 0) is 42.0 Å². The molecule has 15 heteroatoms. The summed E-state index contributed by atoms with van der Waals surface area (Å²) in [6.45, 7) is -0.490. The molecule has 3 N–H and O–H groups in total. The van der Waals surface area contributed by atoms with Gasteiger partial charge in [-0.3, -0.25) is 14.7 Å². The van der Waals surface area contributed by atoms with Crippen molar-refractivity contribution in [2.45, 2.75) is 18.0 Å². The predicted molar refractivity (Wildman–Crippen MR) is 144 cm³/mol. The minimum absolute atomic E-state index is 0.00205. The number of fused-ring (bicyclic) bond motifs is 1. The molecule has 4 rings (SSSR count). The quantitative estimate of drug-likeness (QED) is 0.241. The van der Waals surface area contributed by atoms with E-state index in [9.17, 15) is 27.2 Å². The summed E-state index contributed by atoms with van der Waals surface area (Å²) in [5.41, 5.74) is 0.622. The first-order chi connectivity index (χ1) is 18.3. The molecule has 0 aliphatic heterocycles. The summed E-state index contributed by atoms with van der Waals surface area (Å²) in [5.74, 6) is -1.96. The first-order valence-corrected chi connectivity index (χ1v) is 11.8. The summed E-state index contributed by atoms with van der Waals surface area (Å²) in [6.07, 6.45) is -3.16. The molecule has 0 radical (unpaired) electrons. The number of aromatic amines is 1. The maximum atomic E-state index is 14.2. The van der Waals surface area contributed by atoms with Gasteiger partial charge in [0, 0.05) is 41.6 Å². The first-order valence-electron chi connectivity index (χ1n) is 11.8. The van der Waals surface area contributed by atoms with Crippen LogP contribution >= 0.6 is 0 Å². The highest BCUT2D eigenvalue weighted by atomic mass is 19.4. The van der Waals surface area contributed by atoms with Crippen molar-refractivity contribution in [2.75, 3.05) is 7.05 Å². The number of ether oxygens (including phenoxy) is 1. The largest absolute Gasteiger partial charge is 0.498 e. The minimum atomic E-state index is -4.66. The lowest BCUT2D eigenvalue weighted by Gasteiger charge is -2.23. The normalized spacial score (nSPS) is 11.8. The molecule has 0 unspecified atom stereocenters. The maximum absolute atomic E-state index is 14.2. The Morgan fingerprint density at radius 3 is 2.44 bits per heavy atom. The van der Waals surface area contributed by atoms with Gasteiger partial charge in [-0.15, -0.1) is 0 Å². The zero-order valence-corrected chi connectivity index (χ0v) is 21.5. The standard InChI is InChI=1S/C24H22B3F4N5O3/c1-32-21(38)19-15-4-2-11(8-18(15)35-36-19)12-7-16(22(34-9-12)39-24(25,26)27)20(37)33-10-13-6-14(23(29,30)31)3-5-17(13)28/h2-9H,10,25-27H2,1H3,(H,32,38)(H,33,37)(H,35,36). The zero-order valence-electron chi connectivity index (χ0n) is 21.5. The van der Waals surface area contributed by atoms with E-state index in [2.05, 4.69) is 25.8 Å². The summed E-state index contributed by atoms with van der Waals surface area (Å²) in [5, 5.41) is 11.7. The van der Waals surface area contributed by atoms with E-state index in [-0.39, 0.29) is 28.6 Å². The molecule has 0 aliphatic carbocycles. The molecule has 0 saturated carbocycles. The van der Waals surface area contributed by atoms with Crippen LogP contribution in [0.25, 0.3) is 22.0 Å². The fourth-order valence-electron chi connectivity index (χ4n) is 3.79. The Hall–Kier alpha value is -4.29. The van der Waals surface area contributed by atoms with Gasteiger partial charge in [0.05, 0.1) is 11.1 Å². The van der Waals surface area contributed by atoms with Crippen molar-refractivity contribution in [3.8, 4) is 17.0 Å². The lowest BCUT2D eigenvalue weighted by Crippen LogP contribution is -2.38. The van der Waals surface area contributed by atoms with Crippen LogP contribution in [0.4, 0.5) is 17.6 Å². The van der Waals surface area contributed by atoms with Crippen LogP contribution < -0.4 is 15.4 Å². The molecular formula is C24H22B3F4N5O3. The topological polar surface area (TPSA) is 109 Å². The van der Waals surface area contributed by atoms with Crippen LogP contribution in [0.3, 0.4) is 0 Å². The molecule has 0 bridgehead atoms. The average molecular weight is 537 g/mol. The number of pyridine rings is 1. The molecule has 0 saturated heterocycles. The van der Waals surface area contributed by atoms with Gasteiger partial charge >= 0.3 is 6.18 Å². The summed E-state index contributed by atoms with van der Waals surface area (Å²) in [4.78, 5) is 29.5. The van der Waals surface area contributed by atoms with Crippen LogP contribution in [0.5, 0.6) is 5.88 Å². The van der Waals surface area contributed by atoms with Crippen LogP contribution in [0.2, 0.25) is 0 Å². The van der Waals surface area contributed by atoms with E-state index in [0.717, 1.165) is 0 Å². The van der Waals surface area contributed by atoms with E-state index in [4.69, 9.17) is 4.74 Å². The second kappa shape index (κ2) is 10.5. The van der Waals surface area contributed by atoms with Crippen molar-refractivity contribution in [3.05, 3.63) is 76.9 Å². The third kappa shape index (κ3) is 6.24. The molecule has 0 spiro atoms. The van der Waals surface area contributed by atoms with E-state index in [1.54, 1.807) is 41.7 Å². The maximum Gasteiger partial charge on any atom is 0.416 e. The predicted octanol–water partition coefficient (Wildman–Crippen LogP) is 0.962. The SMILES string of the molecule is BC(B)(B)Oc1ncc(-c2ccc3c(C(=O)NC)n[nH]c3c2)cc1C(=O)NCc1cc(C(F)(F)F)ccc1F. The molecule has 2 aromatic carbocycles. The molecule has 0 aliphatic rings. The second-order valence-corrected chi connectivity index (χ2v) is 9.69. The number of halogens is 4. The third-order valence-corrected chi connectivity index (χ3v) is 5.65. The van der Waals surface area contributed by atoms with E-state index < -0.39 is 35.3 Å². The lowest BCUT2D eigenvalue weighted by atomic mass is 9.52. The first kappa shape index (κ1) is 27.7. The Morgan fingerprint density at radius 2 is 1.77 bits per heavy atom. The van der Waals surface area contributed by atoms with Crippen LogP contribution in [0.1, 0.15) is 32.0 Å². The number of benzene rings is 2. The van der Waals surface area contributed by atoms with Gasteiger partial charge in [0.25, 0.3) is 11.8 Å². The van der Waals surface area contributed by atoms with Crippen molar-refractivity contribution < 1.29 is 31.9 Å². The van der Waals surface area contributed by atoms with Crippen molar-refractivity contribution in [2.24, 2.45) is 0 Å². The molecule has 2 aromatic heterocycles. The van der Waals surface area contributed by atoms with Gasteiger partial charge < -0.3 is 15.4 Å². The zero-order chi connectivity index (χ0) is 28.5. The summed E-state index contributed by atoms with van der Waals surface area (Å²) in [7, 11) is 6.79. The van der Waals surface area contributed by atoms with Gasteiger partial charge in [0.15, 0.2) is 5.69 Å². The van der Waals surface area contributed by atoms with Gasteiger partial charge in [0.2, 0.25) is 5.88 Å². The van der Waals surface area contributed by atoms with Crippen molar-refractivity contribution in [1.82, 2.24) is 25.8 Å². The number of carbonyl (C=O) groups excluding carboxylic acids is 2. The summed E-state index contributed by atoms with van der Waals surface area (Å²) in [6, 6.07) is 8.68. The van der Waals surface area contributed by atoms with Crippen molar-refractivity contribution in [1.29, 1.82) is 0 Å². The van der Waals surface area contributed by atoms with E-state index in [1.807, 2.05) is 0 Å². The number of hydrogen-bond donors (Lipinski definition) is 3. The highest BCUT2D eigenvalue weighted by Crippen LogP contribution is 2.31. The Bertz CT molecular complexity index is 1570. The molecule has 198 valence electrons. The number of amides is 2. The Morgan fingerprint density at radius 1 is 1.03 bits per heavy atom. The number of nitrogens with zero attached hydrogens (tertiary/aromatic N) is 2. The fourth-order valence-corrected chi connectivity index (χ4v) is 3.79. The Kier molecular flexibility index (Phi) is 7.45. The molecule has 8 nitrogen and oxygen atoms in total. The van der Waals surface area contributed by atoms with E-state index >= 15 is 0 Å².